The third-order valence-electron chi connectivity index (χ3n) is 1.74. The standard InChI is InChI=1S/C11H13ClN4O2/c1-11(2,3)18-10(17)14-7-4-5-8(12)9(6-7)15-16-13/h4-6H,1-3H3,(H,14,17). The van der Waals surface area contributed by atoms with Crippen molar-refractivity contribution in [2.24, 2.45) is 5.11 Å². The maximum Gasteiger partial charge on any atom is 0.412 e. The minimum absolute atomic E-state index is 0.243. The number of nitrogens with one attached hydrogen (secondary N) is 1. The van der Waals surface area contributed by atoms with Gasteiger partial charge in [0, 0.05) is 10.6 Å². The highest BCUT2D eigenvalue weighted by Gasteiger charge is 2.16. The van der Waals surface area contributed by atoms with E-state index in [4.69, 9.17) is 21.9 Å². The Morgan fingerprint density at radius 2 is 2.17 bits per heavy atom. The first-order valence-corrected chi connectivity index (χ1v) is 5.54. The van der Waals surface area contributed by atoms with E-state index in [0.717, 1.165) is 0 Å². The van der Waals surface area contributed by atoms with Crippen LogP contribution in [0.4, 0.5) is 16.2 Å². The number of amides is 1. The lowest BCUT2D eigenvalue weighted by Gasteiger charge is -2.19. The van der Waals surface area contributed by atoms with Gasteiger partial charge in [-0.15, -0.1) is 0 Å². The van der Waals surface area contributed by atoms with E-state index in [1.165, 1.54) is 12.1 Å². The number of halogens is 1. The molecule has 0 fully saturated rings. The minimum atomic E-state index is -0.586. The second kappa shape index (κ2) is 5.62. The van der Waals surface area contributed by atoms with Gasteiger partial charge in [-0.2, -0.15) is 0 Å². The first-order valence-electron chi connectivity index (χ1n) is 5.16. The summed E-state index contributed by atoms with van der Waals surface area (Å²) >= 11 is 5.81. The van der Waals surface area contributed by atoms with Crippen LogP contribution in [0.3, 0.4) is 0 Å². The van der Waals surface area contributed by atoms with Gasteiger partial charge in [0.25, 0.3) is 0 Å². The molecule has 1 amide bonds. The second-order valence-electron chi connectivity index (χ2n) is 4.48. The molecule has 0 saturated carbocycles. The number of azide groups is 1. The van der Waals surface area contributed by atoms with E-state index in [1.807, 2.05) is 0 Å². The quantitative estimate of drug-likeness (QED) is 0.481. The summed E-state index contributed by atoms with van der Waals surface area (Å²) in [5, 5.41) is 6.23. The molecule has 0 aliphatic heterocycles. The van der Waals surface area contributed by atoms with Crippen LogP contribution in [-0.2, 0) is 4.74 Å². The van der Waals surface area contributed by atoms with Crippen molar-refractivity contribution in [3.8, 4) is 0 Å². The highest BCUT2D eigenvalue weighted by Crippen LogP contribution is 2.28. The molecule has 0 unspecified atom stereocenters. The van der Waals surface area contributed by atoms with Crippen molar-refractivity contribution in [1.82, 2.24) is 0 Å². The van der Waals surface area contributed by atoms with Gasteiger partial charge in [-0.05, 0) is 44.5 Å². The first kappa shape index (κ1) is 14.2. The van der Waals surface area contributed by atoms with Crippen molar-refractivity contribution in [3.63, 3.8) is 0 Å². The van der Waals surface area contributed by atoms with E-state index in [2.05, 4.69) is 15.3 Å². The van der Waals surface area contributed by atoms with Crippen LogP contribution in [0.15, 0.2) is 23.3 Å². The number of nitrogens with zero attached hydrogens (tertiary/aromatic N) is 3. The zero-order valence-corrected chi connectivity index (χ0v) is 11.0. The van der Waals surface area contributed by atoms with Crippen molar-refractivity contribution < 1.29 is 9.53 Å². The minimum Gasteiger partial charge on any atom is -0.444 e. The van der Waals surface area contributed by atoms with Gasteiger partial charge in [0.05, 0.1) is 10.7 Å². The fourth-order valence-corrected chi connectivity index (χ4v) is 1.29. The molecule has 0 aromatic heterocycles. The summed E-state index contributed by atoms with van der Waals surface area (Å²) < 4.78 is 5.09. The molecule has 0 saturated heterocycles. The summed E-state index contributed by atoms with van der Waals surface area (Å²) in [4.78, 5) is 14.2. The molecule has 1 aromatic carbocycles. The largest absolute Gasteiger partial charge is 0.444 e. The zero-order chi connectivity index (χ0) is 13.8. The van der Waals surface area contributed by atoms with Crippen LogP contribution in [0, 0.1) is 0 Å². The average Bonchev–Trinajstić information content (AvgIpc) is 2.20. The summed E-state index contributed by atoms with van der Waals surface area (Å²) in [6.45, 7) is 5.29. The Hall–Kier alpha value is -1.91. The number of anilines is 1. The van der Waals surface area contributed by atoms with Gasteiger partial charge < -0.3 is 4.74 Å². The van der Waals surface area contributed by atoms with Crippen LogP contribution in [0.25, 0.3) is 10.4 Å². The Bertz CT molecular complexity index is 504. The van der Waals surface area contributed by atoms with Crippen molar-refractivity contribution in [1.29, 1.82) is 0 Å². The van der Waals surface area contributed by atoms with Crippen molar-refractivity contribution in [2.75, 3.05) is 5.32 Å². The molecule has 0 spiro atoms. The summed E-state index contributed by atoms with van der Waals surface area (Å²) in [7, 11) is 0. The molecule has 6 nitrogen and oxygen atoms in total. The molecule has 0 heterocycles. The number of rotatable bonds is 2. The third-order valence-corrected chi connectivity index (χ3v) is 2.06. The van der Waals surface area contributed by atoms with Gasteiger partial charge in [-0.1, -0.05) is 16.7 Å². The lowest BCUT2D eigenvalue weighted by atomic mass is 10.2. The topological polar surface area (TPSA) is 87.1 Å². The summed E-state index contributed by atoms with van der Waals surface area (Å²) in [6, 6.07) is 4.58. The Morgan fingerprint density at radius 3 is 2.72 bits per heavy atom. The van der Waals surface area contributed by atoms with E-state index < -0.39 is 11.7 Å². The van der Waals surface area contributed by atoms with Gasteiger partial charge in [0.15, 0.2) is 0 Å². The maximum absolute atomic E-state index is 11.5. The fourth-order valence-electron chi connectivity index (χ4n) is 1.14. The van der Waals surface area contributed by atoms with Gasteiger partial charge in [-0.25, -0.2) is 4.79 Å². The Balaban J connectivity index is 2.83. The summed E-state index contributed by atoms with van der Waals surface area (Å²) in [5.41, 5.74) is 8.46. The van der Waals surface area contributed by atoms with E-state index >= 15 is 0 Å². The Morgan fingerprint density at radius 1 is 1.50 bits per heavy atom. The van der Waals surface area contributed by atoms with Gasteiger partial charge in [0.1, 0.15) is 5.60 Å². The van der Waals surface area contributed by atoms with E-state index in [9.17, 15) is 4.79 Å². The van der Waals surface area contributed by atoms with Crippen molar-refractivity contribution in [3.05, 3.63) is 33.7 Å². The Labute approximate surface area is 110 Å². The van der Waals surface area contributed by atoms with E-state index in [1.54, 1.807) is 26.8 Å². The first-order chi connectivity index (χ1) is 8.31. The number of hydrogen-bond donors (Lipinski definition) is 1. The second-order valence-corrected chi connectivity index (χ2v) is 4.89. The van der Waals surface area contributed by atoms with Gasteiger partial charge in [-0.3, -0.25) is 5.32 Å². The molecule has 1 aromatic rings. The lowest BCUT2D eigenvalue weighted by molar-refractivity contribution is 0.0636. The third kappa shape index (κ3) is 4.53. The fraction of sp³-hybridized carbons (Fsp3) is 0.364. The molecule has 1 N–H and O–H groups in total. The van der Waals surface area contributed by atoms with Crippen LogP contribution in [0.2, 0.25) is 5.02 Å². The molecule has 0 aliphatic carbocycles. The van der Waals surface area contributed by atoms with Gasteiger partial charge >= 0.3 is 6.09 Å². The smallest absolute Gasteiger partial charge is 0.412 e. The normalized spacial score (nSPS) is 10.4. The lowest BCUT2D eigenvalue weighted by Crippen LogP contribution is -2.27. The number of carbonyl (C=O) groups is 1. The predicted molar refractivity (Wildman–Crippen MR) is 70.1 cm³/mol. The van der Waals surface area contributed by atoms with Crippen molar-refractivity contribution >= 4 is 29.1 Å². The van der Waals surface area contributed by atoms with Crippen LogP contribution in [-0.4, -0.2) is 11.7 Å². The molecule has 1 rings (SSSR count). The molecular formula is C11H13ClN4O2. The number of hydrogen-bond acceptors (Lipinski definition) is 3. The average molecular weight is 269 g/mol. The number of benzene rings is 1. The van der Waals surface area contributed by atoms with Crippen LogP contribution in [0.1, 0.15) is 20.8 Å². The van der Waals surface area contributed by atoms with Crippen molar-refractivity contribution in [2.45, 2.75) is 26.4 Å². The molecule has 7 heteroatoms. The molecule has 0 bridgehead atoms. The van der Waals surface area contributed by atoms with E-state index in [-0.39, 0.29) is 5.69 Å². The predicted octanol–water partition coefficient (Wildman–Crippen LogP) is 4.63. The monoisotopic (exact) mass is 268 g/mol. The van der Waals surface area contributed by atoms with Crippen LogP contribution < -0.4 is 5.32 Å². The zero-order valence-electron chi connectivity index (χ0n) is 10.3. The summed E-state index contributed by atoms with van der Waals surface area (Å²) in [5.74, 6) is 0. The molecule has 0 atom stereocenters. The maximum atomic E-state index is 11.5. The van der Waals surface area contributed by atoms with E-state index in [0.29, 0.717) is 10.7 Å². The van der Waals surface area contributed by atoms with Crippen LogP contribution in [0.5, 0.6) is 0 Å². The molecule has 18 heavy (non-hydrogen) atoms. The highest BCUT2D eigenvalue weighted by molar-refractivity contribution is 6.33. The molecule has 0 radical (unpaired) electrons. The summed E-state index contributed by atoms with van der Waals surface area (Å²) in [6.07, 6.45) is -0.586. The van der Waals surface area contributed by atoms with Crippen LogP contribution >= 0.6 is 11.6 Å². The SMILES string of the molecule is CC(C)(C)OC(=O)Nc1ccc(Cl)c(N=[N+]=[N-])c1. The molecule has 96 valence electrons. The number of carbonyl (C=O) groups excluding carboxylic acids is 1. The molecule has 0 aliphatic rings. The Kier molecular flexibility index (Phi) is 4.42. The highest BCUT2D eigenvalue weighted by atomic mass is 35.5. The number of ether oxygens (including phenoxy) is 1. The van der Waals surface area contributed by atoms with Gasteiger partial charge in [0.2, 0.25) is 0 Å². The molecular weight excluding hydrogens is 256 g/mol.